The Morgan fingerprint density at radius 2 is 1.87 bits per heavy atom. The lowest BCUT2D eigenvalue weighted by atomic mass is 10.3. The number of hydrogen-bond acceptors (Lipinski definition) is 6. The van der Waals surface area contributed by atoms with E-state index in [0.717, 1.165) is 0 Å². The molecule has 0 atom stereocenters. The molecule has 0 heterocycles. The van der Waals surface area contributed by atoms with Crippen molar-refractivity contribution < 1.29 is 36.4 Å². The van der Waals surface area contributed by atoms with Gasteiger partial charge in [0.2, 0.25) is 5.70 Å². The molecule has 128 valence electrons. The van der Waals surface area contributed by atoms with Gasteiger partial charge in [0.1, 0.15) is 5.75 Å². The molecule has 8 heteroatoms. The van der Waals surface area contributed by atoms with Crippen LogP contribution >= 0.6 is 0 Å². The third kappa shape index (κ3) is 7.51. The smallest absolute Gasteiger partial charge is 0.362 e. The molecule has 0 radical (unpaired) electrons. The number of benzene rings is 1. The average Bonchev–Trinajstić information content (AvgIpc) is 2.47. The minimum Gasteiger partial charge on any atom is -1.00 e. The number of carbonyl (C=O) groups excluding carboxylic acids is 1. The van der Waals surface area contributed by atoms with E-state index in [1.54, 1.807) is 38.3 Å². The van der Waals surface area contributed by atoms with Crippen molar-refractivity contribution in [3.8, 4) is 5.75 Å². The van der Waals surface area contributed by atoms with Gasteiger partial charge in [0.15, 0.2) is 11.5 Å². The van der Waals surface area contributed by atoms with Gasteiger partial charge in [-0.15, -0.1) is 5.11 Å². The number of aliphatic hydroxyl groups excluding tert-OH is 1. The molecule has 0 spiro atoms. The summed E-state index contributed by atoms with van der Waals surface area (Å²) in [6.07, 6.45) is 3.92. The lowest BCUT2D eigenvalue weighted by molar-refractivity contribution is -0.138. The quantitative estimate of drug-likeness (QED) is 0.228. The minimum atomic E-state index is -0.678. The number of carbonyl (C=O) groups is 1. The summed E-state index contributed by atoms with van der Waals surface area (Å²) >= 11 is 0. The molecule has 0 aromatic heterocycles. The standard InChI is InChI=1S/C15H20N2O4S.BrH/c1-5-21-15(19)14(13(18)10-22(3)4)17-16-11-6-8-12(20-2)9-7-11;/h6-9H,5,10H2,1-4H3;1H. The van der Waals surface area contributed by atoms with E-state index < -0.39 is 5.97 Å². The van der Waals surface area contributed by atoms with Crippen molar-refractivity contribution in [1.82, 2.24) is 0 Å². The molecular weight excluding hydrogens is 384 g/mol. The van der Waals surface area contributed by atoms with Crippen molar-refractivity contribution in [2.75, 3.05) is 32.0 Å². The van der Waals surface area contributed by atoms with Crippen LogP contribution in [0.1, 0.15) is 6.92 Å². The highest BCUT2D eigenvalue weighted by atomic mass is 79.9. The van der Waals surface area contributed by atoms with Gasteiger partial charge < -0.3 is 31.6 Å². The molecule has 0 saturated heterocycles. The summed E-state index contributed by atoms with van der Waals surface area (Å²) in [6, 6.07) is 6.87. The first kappa shape index (κ1) is 21.5. The molecular formula is C15H21BrN2O4S. The van der Waals surface area contributed by atoms with E-state index in [0.29, 0.717) is 17.2 Å². The average molecular weight is 405 g/mol. The van der Waals surface area contributed by atoms with Crippen molar-refractivity contribution in [1.29, 1.82) is 0 Å². The zero-order chi connectivity index (χ0) is 16.5. The van der Waals surface area contributed by atoms with E-state index in [2.05, 4.69) is 10.2 Å². The van der Waals surface area contributed by atoms with Gasteiger partial charge in [-0.1, -0.05) is 0 Å². The molecule has 0 fully saturated rings. The summed E-state index contributed by atoms with van der Waals surface area (Å²) in [6.45, 7) is 1.90. The Bertz CT molecular complexity index is 559. The number of methoxy groups -OCH3 is 1. The number of nitrogens with zero attached hydrogens (tertiary/aromatic N) is 2. The van der Waals surface area contributed by atoms with Crippen molar-refractivity contribution in [3.05, 3.63) is 35.7 Å². The predicted molar refractivity (Wildman–Crippen MR) is 87.9 cm³/mol. The maximum Gasteiger partial charge on any atom is 0.362 e. The molecule has 23 heavy (non-hydrogen) atoms. The summed E-state index contributed by atoms with van der Waals surface area (Å²) in [7, 11) is 1.50. The number of ether oxygens (including phenoxy) is 2. The molecule has 1 rings (SSSR count). The van der Waals surface area contributed by atoms with Gasteiger partial charge in [-0.3, -0.25) is 0 Å². The van der Waals surface area contributed by atoms with Crippen LogP contribution in [0.4, 0.5) is 5.69 Å². The lowest BCUT2D eigenvalue weighted by Crippen LogP contribution is -3.00. The predicted octanol–water partition coefficient (Wildman–Crippen LogP) is -0.00650. The van der Waals surface area contributed by atoms with Gasteiger partial charge in [-0.2, -0.15) is 5.11 Å². The van der Waals surface area contributed by atoms with Crippen LogP contribution in [0.25, 0.3) is 0 Å². The fourth-order valence-electron chi connectivity index (χ4n) is 1.51. The molecule has 0 aliphatic heterocycles. The second-order valence-corrected chi connectivity index (χ2v) is 6.80. The van der Waals surface area contributed by atoms with Crippen LogP contribution in [0, 0.1) is 0 Å². The summed E-state index contributed by atoms with van der Waals surface area (Å²) in [4.78, 5) is 11.9. The fraction of sp³-hybridized carbons (Fsp3) is 0.400. The highest BCUT2D eigenvalue weighted by molar-refractivity contribution is 7.95. The third-order valence-electron chi connectivity index (χ3n) is 2.51. The van der Waals surface area contributed by atoms with Crippen molar-refractivity contribution in [3.63, 3.8) is 0 Å². The van der Waals surface area contributed by atoms with Crippen LogP contribution < -0.4 is 21.7 Å². The normalized spacial score (nSPS) is 11.9. The third-order valence-corrected chi connectivity index (χ3v) is 3.36. The number of hydrogen-bond donors (Lipinski definition) is 1. The summed E-state index contributed by atoms with van der Waals surface area (Å²) < 4.78 is 9.96. The van der Waals surface area contributed by atoms with Gasteiger partial charge in [0.25, 0.3) is 0 Å². The van der Waals surface area contributed by atoms with E-state index in [-0.39, 0.29) is 45.9 Å². The molecule has 0 saturated carbocycles. The second-order valence-electron chi connectivity index (χ2n) is 4.54. The Balaban J connectivity index is 0.00000484. The van der Waals surface area contributed by atoms with E-state index in [1.165, 1.54) is 0 Å². The molecule has 0 amide bonds. The van der Waals surface area contributed by atoms with E-state index >= 15 is 0 Å². The van der Waals surface area contributed by atoms with Crippen molar-refractivity contribution in [2.24, 2.45) is 10.2 Å². The van der Waals surface area contributed by atoms with E-state index in [1.807, 2.05) is 12.5 Å². The Morgan fingerprint density at radius 1 is 1.26 bits per heavy atom. The van der Waals surface area contributed by atoms with Crippen molar-refractivity contribution in [2.45, 2.75) is 6.92 Å². The van der Waals surface area contributed by atoms with Gasteiger partial charge in [-0.05, 0) is 42.1 Å². The summed E-state index contributed by atoms with van der Waals surface area (Å²) in [5.74, 6) is 0.270. The number of aliphatic hydroxyl groups is 1. The van der Waals surface area contributed by atoms with Gasteiger partial charge in [0.05, 0.1) is 31.9 Å². The van der Waals surface area contributed by atoms with E-state index in [9.17, 15) is 9.90 Å². The monoisotopic (exact) mass is 404 g/mol. The number of esters is 1. The van der Waals surface area contributed by atoms with Gasteiger partial charge in [0, 0.05) is 0 Å². The molecule has 0 aliphatic carbocycles. The Kier molecular flexibility index (Phi) is 10.3. The first-order valence-corrected chi connectivity index (χ1v) is 8.88. The minimum absolute atomic E-state index is 0. The second kappa shape index (κ2) is 11.1. The first-order valence-electron chi connectivity index (χ1n) is 6.67. The van der Waals surface area contributed by atoms with Gasteiger partial charge in [-0.25, -0.2) is 4.79 Å². The molecule has 1 aromatic carbocycles. The van der Waals surface area contributed by atoms with Crippen LogP contribution in [0.3, 0.4) is 0 Å². The maximum absolute atomic E-state index is 11.9. The summed E-state index contributed by atoms with van der Waals surface area (Å²) in [5.41, 5.74) is 0.390. The summed E-state index contributed by atoms with van der Waals surface area (Å²) in [5, 5.41) is 17.9. The van der Waals surface area contributed by atoms with E-state index in [4.69, 9.17) is 9.47 Å². The van der Waals surface area contributed by atoms with Crippen LogP contribution in [-0.4, -0.2) is 43.1 Å². The largest absolute Gasteiger partial charge is 1.00 e. The highest BCUT2D eigenvalue weighted by Crippen LogP contribution is 2.20. The topological polar surface area (TPSA) is 80.5 Å². The number of azo groups is 1. The van der Waals surface area contributed by atoms with Gasteiger partial charge >= 0.3 is 5.97 Å². The van der Waals surface area contributed by atoms with Crippen molar-refractivity contribution >= 4 is 22.6 Å². The SMILES string of the molecule is CCOC(=O)/C(N=Nc1ccc(OC)cc1)=C(\O)C[S+](C)C.[Br-]. The molecule has 0 bridgehead atoms. The first-order chi connectivity index (χ1) is 10.5. The number of rotatable bonds is 7. The highest BCUT2D eigenvalue weighted by Gasteiger charge is 2.20. The fourth-order valence-corrected chi connectivity index (χ4v) is 2.20. The molecule has 1 aromatic rings. The molecule has 0 unspecified atom stereocenters. The molecule has 6 nitrogen and oxygen atoms in total. The van der Waals surface area contributed by atoms with Crippen LogP contribution in [0.15, 0.2) is 46.0 Å². The van der Waals surface area contributed by atoms with Crippen LogP contribution in [-0.2, 0) is 20.4 Å². The van der Waals surface area contributed by atoms with Crippen LogP contribution in [0.2, 0.25) is 0 Å². The molecule has 0 aliphatic rings. The zero-order valence-corrected chi connectivity index (χ0v) is 16.0. The number of halogens is 1. The lowest BCUT2D eigenvalue weighted by Gasteiger charge is -2.04. The van der Waals surface area contributed by atoms with Crippen LogP contribution in [0.5, 0.6) is 5.75 Å². The Morgan fingerprint density at radius 3 is 2.35 bits per heavy atom. The Hall–Kier alpha value is -1.54. The maximum atomic E-state index is 11.9. The Labute approximate surface area is 149 Å². The zero-order valence-electron chi connectivity index (χ0n) is 13.6. The molecule has 1 N–H and O–H groups in total.